The summed E-state index contributed by atoms with van der Waals surface area (Å²) in [7, 11) is 0. The quantitative estimate of drug-likeness (QED) is 0.144. The molecule has 0 saturated heterocycles. The van der Waals surface area contributed by atoms with E-state index in [2.05, 4.69) is 204 Å². The predicted octanol–water partition coefficient (Wildman–Crippen LogP) is 14.0. The van der Waals surface area contributed by atoms with Crippen molar-refractivity contribution in [2.24, 2.45) is 0 Å². The third-order valence-corrected chi connectivity index (χ3v) is 10.7. The van der Waals surface area contributed by atoms with Crippen molar-refractivity contribution in [3.05, 3.63) is 219 Å². The van der Waals surface area contributed by atoms with E-state index in [1.54, 1.807) is 6.08 Å². The summed E-state index contributed by atoms with van der Waals surface area (Å²) < 4.78 is 4.72. The van der Waals surface area contributed by atoms with Crippen molar-refractivity contribution in [2.45, 2.75) is 0 Å². The lowest BCUT2D eigenvalue weighted by molar-refractivity contribution is 1.07. The highest BCUT2D eigenvalue weighted by Crippen LogP contribution is 2.41. The molecule has 0 aliphatic carbocycles. The first-order chi connectivity index (χ1) is 27.7. The van der Waals surface area contributed by atoms with Gasteiger partial charge in [0.05, 0.1) is 27.8 Å². The number of pyridine rings is 1. The lowest BCUT2D eigenvalue weighted by Gasteiger charge is -2.12. The first-order valence-electron chi connectivity index (χ1n) is 19.0. The Bertz CT molecular complexity index is 3140. The van der Waals surface area contributed by atoms with Crippen LogP contribution < -0.4 is 0 Å². The first-order valence-corrected chi connectivity index (χ1v) is 19.0. The molecule has 0 fully saturated rings. The van der Waals surface area contributed by atoms with Gasteiger partial charge in [-0.1, -0.05) is 158 Å². The fraction of sp³-hybridized carbons (Fsp3) is 0. The molecular formula is C53H37N3. The van der Waals surface area contributed by atoms with Crippen molar-refractivity contribution >= 4 is 49.7 Å². The van der Waals surface area contributed by atoms with Crippen molar-refractivity contribution < 1.29 is 0 Å². The van der Waals surface area contributed by atoms with Gasteiger partial charge in [0.15, 0.2) is 0 Å². The third-order valence-electron chi connectivity index (χ3n) is 10.7. The summed E-state index contributed by atoms with van der Waals surface area (Å²) in [5.41, 5.74) is 13.7. The fourth-order valence-corrected chi connectivity index (χ4v) is 8.21. The smallest absolute Gasteiger partial charge is 0.138 e. The van der Waals surface area contributed by atoms with Gasteiger partial charge >= 0.3 is 0 Å². The van der Waals surface area contributed by atoms with Crippen LogP contribution in [0.15, 0.2) is 213 Å². The first kappa shape index (κ1) is 33.1. The number of aromatic nitrogens is 3. The Morgan fingerprint density at radius 2 is 1.05 bits per heavy atom. The highest BCUT2D eigenvalue weighted by molar-refractivity contribution is 6.17. The van der Waals surface area contributed by atoms with E-state index in [0.29, 0.717) is 0 Å². The SMILES string of the molecule is C=C/C=C\C=C\c1cc(-c2ccccc2)cc(-n2c3ccccc3c3c(-c4ccc5c(c4)c4ccccc4n5-c4cccc(-c5ccccc5)c4)cccc32)n1. The van der Waals surface area contributed by atoms with Gasteiger partial charge < -0.3 is 4.57 Å². The maximum Gasteiger partial charge on any atom is 0.138 e. The lowest BCUT2D eigenvalue weighted by Crippen LogP contribution is -2.00. The molecule has 0 saturated carbocycles. The largest absolute Gasteiger partial charge is 0.309 e. The standard InChI is InChI=1S/C53H37N3/c1-2-3-4-11-23-42-33-41(38-20-9-6-10-21-38)36-52(54-42)56-49-29-15-13-26-46(49)53-44(27-17-30-51(53)56)40-31-32-50-47(35-40)45-25-12-14-28-48(45)55(50)43-24-16-22-39(34-43)37-18-7-5-8-19-37/h2-36H,1H2/b4-3-,23-11+. The molecule has 10 aromatic rings. The van der Waals surface area contributed by atoms with E-state index in [1.807, 2.05) is 18.2 Å². The van der Waals surface area contributed by atoms with E-state index < -0.39 is 0 Å². The summed E-state index contributed by atoms with van der Waals surface area (Å²) in [4.78, 5) is 5.25. The highest BCUT2D eigenvalue weighted by Gasteiger charge is 2.19. The summed E-state index contributed by atoms with van der Waals surface area (Å²) in [5, 5.41) is 4.86. The van der Waals surface area contributed by atoms with Crippen LogP contribution in [0.5, 0.6) is 0 Å². The van der Waals surface area contributed by atoms with E-state index in [1.165, 1.54) is 54.8 Å². The second kappa shape index (κ2) is 14.1. The van der Waals surface area contributed by atoms with Crippen LogP contribution in [0.3, 0.4) is 0 Å². The summed E-state index contributed by atoms with van der Waals surface area (Å²) in [5.74, 6) is 0.873. The summed E-state index contributed by atoms with van der Waals surface area (Å²) in [6, 6.07) is 65.4. The average Bonchev–Trinajstić information content (AvgIpc) is 3.78. The number of hydrogen-bond acceptors (Lipinski definition) is 1. The molecule has 0 aliphatic rings. The van der Waals surface area contributed by atoms with Crippen molar-refractivity contribution in [1.82, 2.24) is 14.1 Å². The van der Waals surface area contributed by atoms with Crippen LogP contribution in [0.25, 0.3) is 94.6 Å². The number of rotatable bonds is 8. The number of hydrogen-bond donors (Lipinski definition) is 0. The van der Waals surface area contributed by atoms with Crippen molar-refractivity contribution in [3.63, 3.8) is 0 Å². The molecule has 264 valence electrons. The molecule has 0 bridgehead atoms. The summed E-state index contributed by atoms with van der Waals surface area (Å²) >= 11 is 0. The van der Waals surface area contributed by atoms with Gasteiger partial charge in [0, 0.05) is 27.2 Å². The number of nitrogens with zero attached hydrogens (tertiary/aromatic N) is 3. The minimum Gasteiger partial charge on any atom is -0.309 e. The molecule has 0 amide bonds. The molecule has 0 unspecified atom stereocenters. The molecule has 3 aromatic heterocycles. The van der Waals surface area contributed by atoms with Crippen LogP contribution >= 0.6 is 0 Å². The van der Waals surface area contributed by atoms with Gasteiger partial charge in [-0.05, 0) is 94.1 Å². The molecule has 3 heterocycles. The zero-order valence-electron chi connectivity index (χ0n) is 30.8. The Morgan fingerprint density at radius 3 is 1.84 bits per heavy atom. The van der Waals surface area contributed by atoms with Crippen LogP contribution in [-0.2, 0) is 0 Å². The Labute approximate surface area is 326 Å². The van der Waals surface area contributed by atoms with Crippen LogP contribution in [0, 0.1) is 0 Å². The predicted molar refractivity (Wildman–Crippen MR) is 238 cm³/mol. The molecular weight excluding hydrogens is 679 g/mol. The second-order valence-electron chi connectivity index (χ2n) is 14.0. The van der Waals surface area contributed by atoms with Gasteiger partial charge in [0.2, 0.25) is 0 Å². The molecule has 0 spiro atoms. The summed E-state index contributed by atoms with van der Waals surface area (Å²) in [6.07, 6.45) is 9.75. The van der Waals surface area contributed by atoms with Crippen LogP contribution in [0.4, 0.5) is 0 Å². The van der Waals surface area contributed by atoms with Crippen molar-refractivity contribution in [1.29, 1.82) is 0 Å². The van der Waals surface area contributed by atoms with Gasteiger partial charge in [-0.25, -0.2) is 4.98 Å². The molecule has 0 aliphatic heterocycles. The second-order valence-corrected chi connectivity index (χ2v) is 14.0. The van der Waals surface area contributed by atoms with Gasteiger partial charge in [0.25, 0.3) is 0 Å². The van der Waals surface area contributed by atoms with Gasteiger partial charge in [-0.2, -0.15) is 0 Å². The highest BCUT2D eigenvalue weighted by atomic mass is 15.1. The van der Waals surface area contributed by atoms with E-state index in [4.69, 9.17) is 4.98 Å². The van der Waals surface area contributed by atoms with Gasteiger partial charge in [-0.3, -0.25) is 4.57 Å². The van der Waals surface area contributed by atoms with Crippen molar-refractivity contribution in [3.8, 4) is 44.9 Å². The number of fused-ring (bicyclic) bond motifs is 6. The molecule has 3 nitrogen and oxygen atoms in total. The van der Waals surface area contributed by atoms with Crippen LogP contribution in [0.1, 0.15) is 5.69 Å². The summed E-state index contributed by atoms with van der Waals surface area (Å²) in [6.45, 7) is 3.81. The molecule has 7 aromatic carbocycles. The normalized spacial score (nSPS) is 11.9. The zero-order chi connectivity index (χ0) is 37.4. The number of para-hydroxylation sites is 2. The third kappa shape index (κ3) is 5.74. The van der Waals surface area contributed by atoms with E-state index in [-0.39, 0.29) is 0 Å². The zero-order valence-corrected chi connectivity index (χ0v) is 30.8. The number of benzene rings is 7. The minimum absolute atomic E-state index is 0.873. The Kier molecular flexibility index (Phi) is 8.31. The minimum atomic E-state index is 0.873. The fourth-order valence-electron chi connectivity index (χ4n) is 8.21. The van der Waals surface area contributed by atoms with Gasteiger partial charge in [0.1, 0.15) is 5.82 Å². The van der Waals surface area contributed by atoms with E-state index >= 15 is 0 Å². The Morgan fingerprint density at radius 1 is 0.411 bits per heavy atom. The molecule has 0 N–H and O–H groups in total. The maximum atomic E-state index is 5.25. The van der Waals surface area contributed by atoms with E-state index in [0.717, 1.165) is 39.4 Å². The Balaban J connectivity index is 1.17. The van der Waals surface area contributed by atoms with Crippen LogP contribution in [-0.4, -0.2) is 14.1 Å². The maximum absolute atomic E-state index is 5.25. The molecule has 0 atom stereocenters. The average molecular weight is 716 g/mol. The molecule has 56 heavy (non-hydrogen) atoms. The molecule has 10 rings (SSSR count). The molecule has 0 radical (unpaired) electrons. The monoisotopic (exact) mass is 715 g/mol. The van der Waals surface area contributed by atoms with E-state index in [9.17, 15) is 0 Å². The van der Waals surface area contributed by atoms with Crippen LogP contribution in [0.2, 0.25) is 0 Å². The van der Waals surface area contributed by atoms with Crippen molar-refractivity contribution in [2.75, 3.05) is 0 Å². The van der Waals surface area contributed by atoms with Gasteiger partial charge in [-0.15, -0.1) is 0 Å². The molecule has 3 heteroatoms. The number of allylic oxidation sites excluding steroid dienone is 4. The Hall–Kier alpha value is -7.49. The lowest BCUT2D eigenvalue weighted by atomic mass is 9.98. The topological polar surface area (TPSA) is 22.8 Å².